The summed E-state index contributed by atoms with van der Waals surface area (Å²) in [5.74, 6) is 0. The fraction of sp³-hybridized carbons (Fsp3) is 0.917. The number of hydrogen-bond acceptors (Lipinski definition) is 2. The van der Waals surface area contributed by atoms with Gasteiger partial charge in [-0.15, -0.1) is 0 Å². The van der Waals surface area contributed by atoms with Gasteiger partial charge in [-0.3, -0.25) is 0 Å². The second kappa shape index (κ2) is 4.62. The van der Waals surface area contributed by atoms with Gasteiger partial charge < -0.3 is 15.4 Å². The standard InChI is InChI=1S/C12H24N2O2/c1-11(2,3)14-10(15)13-9-6-7-16-12(4,5)8-9/h9H,6-8H2,1-5H3,(H2,13,14,15). The molecule has 0 radical (unpaired) electrons. The van der Waals surface area contributed by atoms with E-state index in [1.54, 1.807) is 0 Å². The first-order valence-electron chi connectivity index (χ1n) is 5.91. The summed E-state index contributed by atoms with van der Waals surface area (Å²) in [6.45, 7) is 10.7. The molecule has 1 aliphatic rings. The van der Waals surface area contributed by atoms with E-state index in [0.29, 0.717) is 6.61 Å². The summed E-state index contributed by atoms with van der Waals surface area (Å²) in [5.41, 5.74) is -0.317. The SMILES string of the molecule is CC(C)(C)NC(=O)NC1CCOC(C)(C)C1. The summed E-state index contributed by atoms with van der Waals surface area (Å²) in [7, 11) is 0. The third-order valence-electron chi connectivity index (χ3n) is 2.52. The van der Waals surface area contributed by atoms with E-state index >= 15 is 0 Å². The van der Waals surface area contributed by atoms with Gasteiger partial charge in [0.15, 0.2) is 0 Å². The second-order valence-electron chi connectivity index (χ2n) is 6.15. The van der Waals surface area contributed by atoms with E-state index < -0.39 is 0 Å². The van der Waals surface area contributed by atoms with Gasteiger partial charge in [0.2, 0.25) is 0 Å². The molecule has 1 aliphatic heterocycles. The Kier molecular flexibility index (Phi) is 3.84. The van der Waals surface area contributed by atoms with E-state index in [4.69, 9.17) is 4.74 Å². The molecule has 4 heteroatoms. The molecule has 2 N–H and O–H groups in total. The van der Waals surface area contributed by atoms with Crippen LogP contribution in [0.1, 0.15) is 47.5 Å². The zero-order chi connectivity index (χ0) is 12.4. The highest BCUT2D eigenvalue weighted by atomic mass is 16.5. The Hall–Kier alpha value is -0.770. The molecule has 94 valence electrons. The lowest BCUT2D eigenvalue weighted by Crippen LogP contribution is -2.52. The summed E-state index contributed by atoms with van der Waals surface area (Å²) in [4.78, 5) is 11.7. The van der Waals surface area contributed by atoms with Crippen molar-refractivity contribution in [2.24, 2.45) is 0 Å². The molecule has 16 heavy (non-hydrogen) atoms. The van der Waals surface area contributed by atoms with Crippen molar-refractivity contribution in [3.05, 3.63) is 0 Å². The van der Waals surface area contributed by atoms with E-state index in [1.807, 2.05) is 20.8 Å². The summed E-state index contributed by atoms with van der Waals surface area (Å²) in [5, 5.41) is 5.90. The highest BCUT2D eigenvalue weighted by Crippen LogP contribution is 2.23. The van der Waals surface area contributed by atoms with Gasteiger partial charge in [-0.25, -0.2) is 4.79 Å². The van der Waals surface area contributed by atoms with E-state index in [-0.39, 0.29) is 23.2 Å². The quantitative estimate of drug-likeness (QED) is 0.721. The molecule has 0 aliphatic carbocycles. The minimum Gasteiger partial charge on any atom is -0.375 e. The molecular weight excluding hydrogens is 204 g/mol. The Bertz CT molecular complexity index is 256. The predicted molar refractivity (Wildman–Crippen MR) is 64.5 cm³/mol. The van der Waals surface area contributed by atoms with Gasteiger partial charge >= 0.3 is 6.03 Å². The fourth-order valence-electron chi connectivity index (χ4n) is 1.92. The van der Waals surface area contributed by atoms with Crippen LogP contribution in [0.5, 0.6) is 0 Å². The predicted octanol–water partition coefficient (Wildman–Crippen LogP) is 2.04. The summed E-state index contributed by atoms with van der Waals surface area (Å²) >= 11 is 0. The number of nitrogens with one attached hydrogen (secondary N) is 2. The number of carbonyl (C=O) groups excluding carboxylic acids is 1. The summed E-state index contributed by atoms with van der Waals surface area (Å²) in [6.07, 6.45) is 1.76. The van der Waals surface area contributed by atoms with Crippen LogP contribution in [0.4, 0.5) is 4.79 Å². The number of rotatable bonds is 1. The zero-order valence-electron chi connectivity index (χ0n) is 11.0. The maximum Gasteiger partial charge on any atom is 0.315 e. The van der Waals surface area contributed by atoms with E-state index in [1.165, 1.54) is 0 Å². The molecule has 1 unspecified atom stereocenters. The number of ether oxygens (including phenoxy) is 1. The molecule has 1 heterocycles. The maximum atomic E-state index is 11.7. The number of amides is 2. The Balaban J connectivity index is 2.40. The smallest absolute Gasteiger partial charge is 0.315 e. The summed E-state index contributed by atoms with van der Waals surface area (Å²) in [6, 6.07) is 0.126. The zero-order valence-corrected chi connectivity index (χ0v) is 11.0. The van der Waals surface area contributed by atoms with Crippen molar-refractivity contribution in [1.29, 1.82) is 0 Å². The first-order valence-corrected chi connectivity index (χ1v) is 5.91. The van der Waals surface area contributed by atoms with Crippen LogP contribution < -0.4 is 10.6 Å². The fourth-order valence-corrected chi connectivity index (χ4v) is 1.92. The van der Waals surface area contributed by atoms with Crippen LogP contribution in [0.25, 0.3) is 0 Å². The molecule has 1 rings (SSSR count). The Morgan fingerprint density at radius 3 is 2.50 bits per heavy atom. The third kappa shape index (κ3) is 4.84. The molecule has 0 aromatic heterocycles. The van der Waals surface area contributed by atoms with Gasteiger partial charge in [-0.2, -0.15) is 0 Å². The molecule has 1 atom stereocenters. The molecule has 0 aromatic rings. The van der Waals surface area contributed by atoms with Crippen LogP contribution in [0, 0.1) is 0 Å². The molecule has 0 aromatic carbocycles. The highest BCUT2D eigenvalue weighted by Gasteiger charge is 2.30. The molecule has 1 fully saturated rings. The first-order chi connectivity index (χ1) is 7.18. The Morgan fingerprint density at radius 1 is 1.38 bits per heavy atom. The number of carbonyl (C=O) groups is 1. The Labute approximate surface area is 98.1 Å². The summed E-state index contributed by atoms with van der Waals surface area (Å²) < 4.78 is 5.61. The largest absolute Gasteiger partial charge is 0.375 e. The van der Waals surface area contributed by atoms with Crippen molar-refractivity contribution in [2.75, 3.05) is 6.61 Å². The average molecular weight is 228 g/mol. The maximum absolute atomic E-state index is 11.7. The molecule has 0 saturated carbocycles. The second-order valence-corrected chi connectivity index (χ2v) is 6.15. The van der Waals surface area contributed by atoms with Crippen LogP contribution in [-0.2, 0) is 4.74 Å². The van der Waals surface area contributed by atoms with Crippen molar-refractivity contribution in [1.82, 2.24) is 10.6 Å². The molecule has 4 nitrogen and oxygen atoms in total. The van der Waals surface area contributed by atoms with E-state index in [0.717, 1.165) is 12.8 Å². The number of urea groups is 1. The third-order valence-corrected chi connectivity index (χ3v) is 2.52. The van der Waals surface area contributed by atoms with E-state index in [9.17, 15) is 4.79 Å². The lowest BCUT2D eigenvalue weighted by atomic mass is 9.94. The van der Waals surface area contributed by atoms with Gasteiger partial charge in [0.1, 0.15) is 0 Å². The monoisotopic (exact) mass is 228 g/mol. The number of hydrogen-bond donors (Lipinski definition) is 2. The van der Waals surface area contributed by atoms with Gasteiger partial charge in [-0.05, 0) is 47.5 Å². The molecule has 2 amide bonds. The normalized spacial score (nSPS) is 24.9. The lowest BCUT2D eigenvalue weighted by molar-refractivity contribution is -0.0611. The van der Waals surface area contributed by atoms with Crippen LogP contribution in [0.2, 0.25) is 0 Å². The van der Waals surface area contributed by atoms with Crippen LogP contribution >= 0.6 is 0 Å². The van der Waals surface area contributed by atoms with Gasteiger partial charge in [0, 0.05) is 18.2 Å². The topological polar surface area (TPSA) is 50.4 Å². The van der Waals surface area contributed by atoms with Crippen LogP contribution in [0.15, 0.2) is 0 Å². The van der Waals surface area contributed by atoms with Crippen molar-refractivity contribution < 1.29 is 9.53 Å². The lowest BCUT2D eigenvalue weighted by Gasteiger charge is -2.36. The molecule has 0 spiro atoms. The van der Waals surface area contributed by atoms with Crippen LogP contribution in [-0.4, -0.2) is 29.8 Å². The van der Waals surface area contributed by atoms with Crippen LogP contribution in [0.3, 0.4) is 0 Å². The minimum absolute atomic E-state index is 0.0878. The van der Waals surface area contributed by atoms with Crippen molar-refractivity contribution in [3.63, 3.8) is 0 Å². The van der Waals surface area contributed by atoms with Gasteiger partial charge in [0.25, 0.3) is 0 Å². The molecular formula is C12H24N2O2. The van der Waals surface area contributed by atoms with Crippen molar-refractivity contribution >= 4 is 6.03 Å². The molecule has 1 saturated heterocycles. The van der Waals surface area contributed by atoms with Gasteiger partial charge in [-0.1, -0.05) is 0 Å². The highest BCUT2D eigenvalue weighted by molar-refractivity contribution is 5.75. The average Bonchev–Trinajstić information content (AvgIpc) is 1.96. The van der Waals surface area contributed by atoms with Crippen molar-refractivity contribution in [3.8, 4) is 0 Å². The first kappa shape index (κ1) is 13.3. The van der Waals surface area contributed by atoms with Crippen molar-refractivity contribution in [2.45, 2.75) is 64.6 Å². The van der Waals surface area contributed by atoms with E-state index in [2.05, 4.69) is 24.5 Å². The Morgan fingerprint density at radius 2 is 2.00 bits per heavy atom. The minimum atomic E-state index is -0.190. The van der Waals surface area contributed by atoms with Gasteiger partial charge in [0.05, 0.1) is 5.60 Å². The molecule has 0 bridgehead atoms.